The maximum atomic E-state index is 13.2. The second kappa shape index (κ2) is 5.99. The van der Waals surface area contributed by atoms with Crippen molar-refractivity contribution in [1.82, 2.24) is 9.88 Å². The van der Waals surface area contributed by atoms with E-state index in [1.807, 2.05) is 11.0 Å². The summed E-state index contributed by atoms with van der Waals surface area (Å²) in [5.74, 6) is -1.97. The number of piperidine rings is 1. The minimum Gasteiger partial charge on any atom is -0.356 e. The molecule has 2 saturated heterocycles. The van der Waals surface area contributed by atoms with E-state index in [0.717, 1.165) is 18.8 Å². The van der Waals surface area contributed by atoms with Gasteiger partial charge in [-0.05, 0) is 18.6 Å². The summed E-state index contributed by atoms with van der Waals surface area (Å²) in [5.41, 5.74) is 0. The number of pyridine rings is 1. The molecule has 22 heavy (non-hydrogen) atoms. The highest BCUT2D eigenvalue weighted by Crippen LogP contribution is 2.30. The molecule has 0 aliphatic carbocycles. The summed E-state index contributed by atoms with van der Waals surface area (Å²) in [6, 6.07) is 3.60. The summed E-state index contributed by atoms with van der Waals surface area (Å²) in [5, 5.41) is 0.574. The molecule has 0 aromatic carbocycles. The summed E-state index contributed by atoms with van der Waals surface area (Å²) in [7, 11) is 0. The van der Waals surface area contributed by atoms with Crippen molar-refractivity contribution in [2.24, 2.45) is 5.92 Å². The number of likely N-dealkylation sites (tertiary alicyclic amines) is 1. The molecule has 2 aliphatic heterocycles. The zero-order valence-corrected chi connectivity index (χ0v) is 12.9. The lowest BCUT2D eigenvalue weighted by molar-refractivity contribution is -0.140. The standard InChI is InChI=1S/C15H18ClF2N3O/c16-12-1-2-13(19-9-12)21-6-3-11(10-21)14(22)20-7-4-15(17,18)5-8-20/h1-2,9,11H,3-8,10H2. The molecule has 1 aromatic rings. The molecule has 1 aromatic heterocycles. The Kier molecular flexibility index (Phi) is 4.21. The van der Waals surface area contributed by atoms with Gasteiger partial charge in [0, 0.05) is 45.2 Å². The Hall–Kier alpha value is -1.43. The minimum absolute atomic E-state index is 0.00744. The van der Waals surface area contributed by atoms with E-state index in [-0.39, 0.29) is 37.8 Å². The molecule has 0 N–H and O–H groups in total. The first-order valence-electron chi connectivity index (χ1n) is 7.48. The van der Waals surface area contributed by atoms with Crippen molar-refractivity contribution < 1.29 is 13.6 Å². The van der Waals surface area contributed by atoms with Crippen LogP contribution in [-0.2, 0) is 4.79 Å². The average Bonchev–Trinajstić information content (AvgIpc) is 2.97. The van der Waals surface area contributed by atoms with E-state index in [1.165, 1.54) is 0 Å². The Balaban J connectivity index is 1.58. The van der Waals surface area contributed by atoms with E-state index in [9.17, 15) is 13.6 Å². The molecule has 0 bridgehead atoms. The van der Waals surface area contributed by atoms with Crippen molar-refractivity contribution in [3.8, 4) is 0 Å². The third-order valence-corrected chi connectivity index (χ3v) is 4.60. The van der Waals surface area contributed by atoms with Gasteiger partial charge in [-0.25, -0.2) is 13.8 Å². The Morgan fingerprint density at radius 1 is 1.27 bits per heavy atom. The predicted molar refractivity (Wildman–Crippen MR) is 80.3 cm³/mol. The van der Waals surface area contributed by atoms with Crippen molar-refractivity contribution >= 4 is 23.3 Å². The lowest BCUT2D eigenvalue weighted by Gasteiger charge is -2.33. The molecular weight excluding hydrogens is 312 g/mol. The summed E-state index contributed by atoms with van der Waals surface area (Å²) < 4.78 is 26.3. The van der Waals surface area contributed by atoms with Gasteiger partial charge in [-0.15, -0.1) is 0 Å². The van der Waals surface area contributed by atoms with Gasteiger partial charge in [0.25, 0.3) is 5.92 Å². The molecule has 3 heterocycles. The average molecular weight is 330 g/mol. The molecule has 2 fully saturated rings. The second-order valence-electron chi connectivity index (χ2n) is 5.95. The van der Waals surface area contributed by atoms with E-state index < -0.39 is 5.92 Å². The van der Waals surface area contributed by atoms with E-state index in [4.69, 9.17) is 11.6 Å². The number of alkyl halides is 2. The van der Waals surface area contributed by atoms with Gasteiger partial charge >= 0.3 is 0 Å². The van der Waals surface area contributed by atoms with Gasteiger partial charge in [-0.1, -0.05) is 11.6 Å². The van der Waals surface area contributed by atoms with Gasteiger partial charge in [0.05, 0.1) is 10.9 Å². The van der Waals surface area contributed by atoms with Crippen molar-refractivity contribution in [2.75, 3.05) is 31.1 Å². The first-order valence-corrected chi connectivity index (χ1v) is 7.85. The highest BCUT2D eigenvalue weighted by atomic mass is 35.5. The Labute approximate surface area is 133 Å². The van der Waals surface area contributed by atoms with Crippen molar-refractivity contribution in [2.45, 2.75) is 25.2 Å². The van der Waals surface area contributed by atoms with Crippen LogP contribution in [0.5, 0.6) is 0 Å². The monoisotopic (exact) mass is 329 g/mol. The number of nitrogens with zero attached hydrogens (tertiary/aromatic N) is 3. The maximum Gasteiger partial charge on any atom is 0.251 e. The molecule has 0 spiro atoms. The Bertz CT molecular complexity index is 542. The number of anilines is 1. The molecule has 4 nitrogen and oxygen atoms in total. The first-order chi connectivity index (χ1) is 10.4. The first kappa shape index (κ1) is 15.5. The number of hydrogen-bond donors (Lipinski definition) is 0. The molecule has 0 radical (unpaired) electrons. The van der Waals surface area contributed by atoms with Gasteiger partial charge in [-0.3, -0.25) is 4.79 Å². The zero-order chi connectivity index (χ0) is 15.7. The largest absolute Gasteiger partial charge is 0.356 e. The molecule has 0 saturated carbocycles. The van der Waals surface area contributed by atoms with E-state index in [2.05, 4.69) is 4.98 Å². The molecule has 1 amide bonds. The van der Waals surface area contributed by atoms with Crippen LogP contribution >= 0.6 is 11.6 Å². The number of amides is 1. The minimum atomic E-state index is -2.62. The Morgan fingerprint density at radius 2 is 2.00 bits per heavy atom. The molecule has 7 heteroatoms. The van der Waals surface area contributed by atoms with Crippen LogP contribution in [0.1, 0.15) is 19.3 Å². The molecule has 1 unspecified atom stereocenters. The van der Waals surface area contributed by atoms with E-state index in [0.29, 0.717) is 11.6 Å². The molecule has 2 aliphatic rings. The zero-order valence-electron chi connectivity index (χ0n) is 12.1. The highest BCUT2D eigenvalue weighted by molar-refractivity contribution is 6.30. The van der Waals surface area contributed by atoms with Crippen LogP contribution in [0.2, 0.25) is 5.02 Å². The van der Waals surface area contributed by atoms with Crippen molar-refractivity contribution in [3.63, 3.8) is 0 Å². The van der Waals surface area contributed by atoms with Gasteiger partial charge in [-0.2, -0.15) is 0 Å². The highest BCUT2D eigenvalue weighted by Gasteiger charge is 2.38. The van der Waals surface area contributed by atoms with Crippen LogP contribution in [-0.4, -0.2) is 47.9 Å². The summed E-state index contributed by atoms with van der Waals surface area (Å²) >= 11 is 5.82. The van der Waals surface area contributed by atoms with Crippen LogP contribution in [0.3, 0.4) is 0 Å². The number of aromatic nitrogens is 1. The van der Waals surface area contributed by atoms with E-state index >= 15 is 0 Å². The van der Waals surface area contributed by atoms with Crippen LogP contribution in [0, 0.1) is 5.92 Å². The number of hydrogen-bond acceptors (Lipinski definition) is 3. The third kappa shape index (κ3) is 3.32. The smallest absolute Gasteiger partial charge is 0.251 e. The lowest BCUT2D eigenvalue weighted by Crippen LogP contribution is -2.45. The van der Waals surface area contributed by atoms with Gasteiger partial charge < -0.3 is 9.80 Å². The SMILES string of the molecule is O=C(C1CCN(c2ccc(Cl)cn2)C1)N1CCC(F)(F)CC1. The molecular formula is C15H18ClF2N3O. The number of halogens is 3. The normalized spacial score (nSPS) is 24.6. The van der Waals surface area contributed by atoms with Crippen LogP contribution < -0.4 is 4.90 Å². The van der Waals surface area contributed by atoms with Crippen molar-refractivity contribution in [3.05, 3.63) is 23.4 Å². The third-order valence-electron chi connectivity index (χ3n) is 4.38. The van der Waals surface area contributed by atoms with Crippen LogP contribution in [0.4, 0.5) is 14.6 Å². The summed E-state index contributed by atoms with van der Waals surface area (Å²) in [6.45, 7) is 1.64. The summed E-state index contributed by atoms with van der Waals surface area (Å²) in [4.78, 5) is 20.3. The van der Waals surface area contributed by atoms with Gasteiger partial charge in [0.15, 0.2) is 0 Å². The lowest BCUT2D eigenvalue weighted by atomic mass is 10.0. The van der Waals surface area contributed by atoms with Gasteiger partial charge in [0.1, 0.15) is 5.82 Å². The Morgan fingerprint density at radius 3 is 2.64 bits per heavy atom. The predicted octanol–water partition coefficient (Wildman–Crippen LogP) is 2.82. The number of carbonyl (C=O) groups is 1. The quantitative estimate of drug-likeness (QED) is 0.837. The summed E-state index contributed by atoms with van der Waals surface area (Å²) in [6.07, 6.45) is 1.86. The number of carbonyl (C=O) groups excluding carboxylic acids is 1. The fourth-order valence-corrected chi connectivity index (χ4v) is 3.15. The fraction of sp³-hybridized carbons (Fsp3) is 0.600. The van der Waals surface area contributed by atoms with Crippen LogP contribution in [0.25, 0.3) is 0 Å². The van der Waals surface area contributed by atoms with Crippen LogP contribution in [0.15, 0.2) is 18.3 Å². The molecule has 120 valence electrons. The van der Waals surface area contributed by atoms with E-state index in [1.54, 1.807) is 17.2 Å². The molecule has 3 rings (SSSR count). The van der Waals surface area contributed by atoms with Gasteiger partial charge in [0.2, 0.25) is 5.91 Å². The fourth-order valence-electron chi connectivity index (χ4n) is 3.04. The topological polar surface area (TPSA) is 36.4 Å². The maximum absolute atomic E-state index is 13.2. The number of rotatable bonds is 2. The van der Waals surface area contributed by atoms with Crippen molar-refractivity contribution in [1.29, 1.82) is 0 Å². The second-order valence-corrected chi connectivity index (χ2v) is 6.38. The molecule has 1 atom stereocenters.